The maximum atomic E-state index is 13.9. The van der Waals surface area contributed by atoms with Crippen molar-refractivity contribution in [1.82, 2.24) is 5.32 Å². The Hall–Kier alpha value is -1.09. The van der Waals surface area contributed by atoms with Gasteiger partial charge in [-0.3, -0.25) is 0 Å². The fourth-order valence-corrected chi connectivity index (χ4v) is 2.98. The molecule has 0 radical (unpaired) electrons. The maximum Gasteiger partial charge on any atom is 0.126 e. The van der Waals surface area contributed by atoms with Gasteiger partial charge in [0, 0.05) is 24.8 Å². The normalized spacial score (nSPS) is 17.7. The molecule has 1 unspecified atom stereocenters. The van der Waals surface area contributed by atoms with Gasteiger partial charge in [-0.05, 0) is 57.0 Å². The van der Waals surface area contributed by atoms with Gasteiger partial charge in [-0.1, -0.05) is 12.8 Å². The minimum atomic E-state index is -0.110. The molecular weight excluding hydrogens is 239 g/mol. The Morgan fingerprint density at radius 1 is 1.32 bits per heavy atom. The number of rotatable bonds is 4. The second-order valence-corrected chi connectivity index (χ2v) is 5.72. The van der Waals surface area contributed by atoms with E-state index >= 15 is 0 Å². The first kappa shape index (κ1) is 14.3. The summed E-state index contributed by atoms with van der Waals surface area (Å²) < 4.78 is 13.9. The molecule has 1 atom stereocenters. The number of halogens is 1. The Morgan fingerprint density at radius 3 is 2.53 bits per heavy atom. The molecule has 1 saturated carbocycles. The Balaban J connectivity index is 2.38. The van der Waals surface area contributed by atoms with Crippen LogP contribution >= 0.6 is 0 Å². The zero-order valence-electron chi connectivity index (χ0n) is 12.5. The van der Waals surface area contributed by atoms with Crippen LogP contribution in [0.25, 0.3) is 0 Å². The molecule has 1 fully saturated rings. The van der Waals surface area contributed by atoms with Crippen LogP contribution in [0.4, 0.5) is 10.1 Å². The molecule has 0 aliphatic heterocycles. The third-order valence-electron chi connectivity index (χ3n) is 4.46. The molecule has 2 nitrogen and oxygen atoms in total. The van der Waals surface area contributed by atoms with Crippen molar-refractivity contribution < 1.29 is 4.39 Å². The Bertz CT molecular complexity index is 439. The molecule has 1 aromatic carbocycles. The van der Waals surface area contributed by atoms with E-state index < -0.39 is 0 Å². The quantitative estimate of drug-likeness (QED) is 0.890. The van der Waals surface area contributed by atoms with Crippen molar-refractivity contribution in [3.05, 3.63) is 29.1 Å². The molecule has 1 aromatic rings. The largest absolute Gasteiger partial charge is 0.371 e. The van der Waals surface area contributed by atoms with Gasteiger partial charge in [0.15, 0.2) is 0 Å². The lowest BCUT2D eigenvalue weighted by atomic mass is 10.0. The molecular formula is C16H25FN2. The highest BCUT2D eigenvalue weighted by Gasteiger charge is 2.23. The van der Waals surface area contributed by atoms with E-state index in [9.17, 15) is 4.39 Å². The van der Waals surface area contributed by atoms with Crippen LogP contribution in [0.3, 0.4) is 0 Å². The van der Waals surface area contributed by atoms with Crippen LogP contribution in [0.15, 0.2) is 12.1 Å². The summed E-state index contributed by atoms with van der Waals surface area (Å²) in [6.45, 7) is 3.92. The van der Waals surface area contributed by atoms with E-state index in [1.54, 1.807) is 6.07 Å². The summed E-state index contributed by atoms with van der Waals surface area (Å²) in [5.41, 5.74) is 2.96. The summed E-state index contributed by atoms with van der Waals surface area (Å²) in [5.74, 6) is -0.110. The molecule has 106 valence electrons. The monoisotopic (exact) mass is 264 g/mol. The number of nitrogens with zero attached hydrogens (tertiary/aromatic N) is 1. The van der Waals surface area contributed by atoms with Crippen molar-refractivity contribution >= 4 is 5.69 Å². The predicted molar refractivity (Wildman–Crippen MR) is 79.3 cm³/mol. The highest BCUT2D eigenvalue weighted by Crippen LogP contribution is 2.33. The molecule has 0 aromatic heterocycles. The Morgan fingerprint density at radius 2 is 1.95 bits per heavy atom. The second kappa shape index (κ2) is 5.91. The van der Waals surface area contributed by atoms with Gasteiger partial charge in [0.25, 0.3) is 0 Å². The van der Waals surface area contributed by atoms with Gasteiger partial charge in [0.2, 0.25) is 0 Å². The smallest absolute Gasteiger partial charge is 0.126 e. The number of hydrogen-bond donors (Lipinski definition) is 1. The third-order valence-corrected chi connectivity index (χ3v) is 4.46. The average molecular weight is 264 g/mol. The van der Waals surface area contributed by atoms with Gasteiger partial charge >= 0.3 is 0 Å². The number of nitrogens with one attached hydrogen (secondary N) is 1. The van der Waals surface area contributed by atoms with Crippen molar-refractivity contribution in [2.75, 3.05) is 19.0 Å². The van der Waals surface area contributed by atoms with E-state index in [2.05, 4.69) is 24.2 Å². The molecule has 0 bridgehead atoms. The first-order valence-corrected chi connectivity index (χ1v) is 7.24. The SMILES string of the molecule is CNC(C)c1cc(F)c(C)cc1N(C)C1CCCC1. The van der Waals surface area contributed by atoms with E-state index in [1.165, 1.54) is 31.4 Å². The van der Waals surface area contributed by atoms with Crippen LogP contribution in [0.1, 0.15) is 49.8 Å². The zero-order chi connectivity index (χ0) is 14.0. The lowest BCUT2D eigenvalue weighted by Crippen LogP contribution is -2.31. The van der Waals surface area contributed by atoms with Crippen LogP contribution in [0.2, 0.25) is 0 Å². The molecule has 2 rings (SSSR count). The molecule has 0 heterocycles. The van der Waals surface area contributed by atoms with Crippen LogP contribution in [0.5, 0.6) is 0 Å². The van der Waals surface area contributed by atoms with Gasteiger partial charge in [0.05, 0.1) is 0 Å². The first-order valence-electron chi connectivity index (χ1n) is 7.24. The van der Waals surface area contributed by atoms with E-state index in [-0.39, 0.29) is 11.9 Å². The van der Waals surface area contributed by atoms with Crippen LogP contribution in [-0.4, -0.2) is 20.1 Å². The van der Waals surface area contributed by atoms with Crippen LogP contribution in [-0.2, 0) is 0 Å². The third kappa shape index (κ3) is 2.92. The lowest BCUT2D eigenvalue weighted by Gasteiger charge is -2.30. The fraction of sp³-hybridized carbons (Fsp3) is 0.625. The highest BCUT2D eigenvalue weighted by atomic mass is 19.1. The first-order chi connectivity index (χ1) is 9.04. The average Bonchev–Trinajstić information content (AvgIpc) is 2.93. The van der Waals surface area contributed by atoms with Crippen molar-refractivity contribution in [1.29, 1.82) is 0 Å². The molecule has 1 aliphatic carbocycles. The second-order valence-electron chi connectivity index (χ2n) is 5.72. The molecule has 1 aliphatic rings. The Kier molecular flexibility index (Phi) is 4.46. The Labute approximate surface area is 116 Å². The number of benzene rings is 1. The van der Waals surface area contributed by atoms with Crippen molar-refractivity contribution in [3.63, 3.8) is 0 Å². The molecule has 1 N–H and O–H groups in total. The van der Waals surface area contributed by atoms with Crippen LogP contribution in [0, 0.1) is 12.7 Å². The predicted octanol–water partition coefficient (Wildman–Crippen LogP) is 3.79. The lowest BCUT2D eigenvalue weighted by molar-refractivity contribution is 0.593. The van der Waals surface area contributed by atoms with Crippen molar-refractivity contribution in [2.45, 2.75) is 51.6 Å². The van der Waals surface area contributed by atoms with E-state index in [1.807, 2.05) is 20.0 Å². The fourth-order valence-electron chi connectivity index (χ4n) is 2.98. The molecule has 0 spiro atoms. The molecule has 0 amide bonds. The summed E-state index contributed by atoms with van der Waals surface area (Å²) >= 11 is 0. The zero-order valence-corrected chi connectivity index (χ0v) is 12.5. The maximum absolute atomic E-state index is 13.9. The summed E-state index contributed by atoms with van der Waals surface area (Å²) in [7, 11) is 4.07. The summed E-state index contributed by atoms with van der Waals surface area (Å²) in [4.78, 5) is 2.35. The van der Waals surface area contributed by atoms with E-state index in [0.29, 0.717) is 6.04 Å². The molecule has 3 heteroatoms. The number of hydrogen-bond acceptors (Lipinski definition) is 2. The summed E-state index contributed by atoms with van der Waals surface area (Å²) in [6, 6.07) is 4.45. The van der Waals surface area contributed by atoms with Crippen LogP contribution < -0.4 is 10.2 Å². The minimum Gasteiger partial charge on any atom is -0.371 e. The molecule has 0 saturated heterocycles. The summed E-state index contributed by atoms with van der Waals surface area (Å²) in [5, 5.41) is 3.22. The van der Waals surface area contributed by atoms with Gasteiger partial charge in [-0.2, -0.15) is 0 Å². The van der Waals surface area contributed by atoms with Gasteiger partial charge in [0.1, 0.15) is 5.82 Å². The van der Waals surface area contributed by atoms with Gasteiger partial charge < -0.3 is 10.2 Å². The minimum absolute atomic E-state index is 0.110. The molecule has 19 heavy (non-hydrogen) atoms. The van der Waals surface area contributed by atoms with E-state index in [0.717, 1.165) is 11.1 Å². The number of aryl methyl sites for hydroxylation is 1. The number of anilines is 1. The van der Waals surface area contributed by atoms with Gasteiger partial charge in [-0.15, -0.1) is 0 Å². The van der Waals surface area contributed by atoms with E-state index in [4.69, 9.17) is 0 Å². The topological polar surface area (TPSA) is 15.3 Å². The van der Waals surface area contributed by atoms with Gasteiger partial charge in [-0.25, -0.2) is 4.39 Å². The van der Waals surface area contributed by atoms with Crippen molar-refractivity contribution in [3.8, 4) is 0 Å². The highest BCUT2D eigenvalue weighted by molar-refractivity contribution is 5.57. The standard InChI is InChI=1S/C16H25FN2/c1-11-9-16(19(4)13-7-5-6-8-13)14(10-15(11)17)12(2)18-3/h9-10,12-13,18H,5-8H2,1-4H3. The summed E-state index contributed by atoms with van der Waals surface area (Å²) in [6.07, 6.45) is 5.12. The van der Waals surface area contributed by atoms with Crippen molar-refractivity contribution in [2.24, 2.45) is 0 Å².